The van der Waals surface area contributed by atoms with E-state index in [1.54, 1.807) is 23.2 Å². The number of carbonyl (C=O) groups is 1. The summed E-state index contributed by atoms with van der Waals surface area (Å²) in [7, 11) is 0. The van der Waals surface area contributed by atoms with E-state index in [-0.39, 0.29) is 23.8 Å². The molecule has 1 aromatic heterocycles. The van der Waals surface area contributed by atoms with Crippen molar-refractivity contribution in [1.29, 1.82) is 0 Å². The van der Waals surface area contributed by atoms with Crippen LogP contribution in [0.1, 0.15) is 17.2 Å². The summed E-state index contributed by atoms with van der Waals surface area (Å²) in [6.07, 6.45) is 2.33. The molecule has 0 spiro atoms. The lowest BCUT2D eigenvalue weighted by Crippen LogP contribution is -2.43. The van der Waals surface area contributed by atoms with Gasteiger partial charge in [-0.05, 0) is 29.7 Å². The molecule has 1 aliphatic heterocycles. The molecular formula is C16H16ClN3O2. The van der Waals surface area contributed by atoms with Gasteiger partial charge in [-0.15, -0.1) is 0 Å². The zero-order valence-corrected chi connectivity index (χ0v) is 12.6. The third kappa shape index (κ3) is 2.77. The predicted octanol–water partition coefficient (Wildman–Crippen LogP) is 2.86. The van der Waals surface area contributed by atoms with E-state index in [2.05, 4.69) is 10.3 Å². The van der Waals surface area contributed by atoms with Gasteiger partial charge in [-0.25, -0.2) is 9.78 Å². The fourth-order valence-electron chi connectivity index (χ4n) is 2.76. The summed E-state index contributed by atoms with van der Waals surface area (Å²) in [4.78, 5) is 18.1. The first-order chi connectivity index (χ1) is 10.7. The quantitative estimate of drug-likeness (QED) is 0.837. The Labute approximate surface area is 133 Å². The molecule has 5 nitrogen and oxygen atoms in total. The molecule has 2 amide bonds. The van der Waals surface area contributed by atoms with Gasteiger partial charge in [-0.3, -0.25) is 0 Å². The number of hydrogen-bond acceptors (Lipinski definition) is 3. The number of anilines is 1. The SMILES string of the molecule is O=C(Nc1cccnc1Cl)N1CCc2ccccc2C1CO. The van der Waals surface area contributed by atoms with Crippen LogP contribution in [-0.2, 0) is 6.42 Å². The van der Waals surface area contributed by atoms with E-state index >= 15 is 0 Å². The third-order valence-electron chi connectivity index (χ3n) is 3.85. The van der Waals surface area contributed by atoms with Crippen molar-refractivity contribution in [1.82, 2.24) is 9.88 Å². The number of urea groups is 1. The van der Waals surface area contributed by atoms with Crippen molar-refractivity contribution >= 4 is 23.3 Å². The zero-order valence-electron chi connectivity index (χ0n) is 11.9. The van der Waals surface area contributed by atoms with E-state index in [0.717, 1.165) is 12.0 Å². The van der Waals surface area contributed by atoms with Crippen LogP contribution in [0.15, 0.2) is 42.6 Å². The first-order valence-electron chi connectivity index (χ1n) is 7.07. The smallest absolute Gasteiger partial charge is 0.322 e. The number of rotatable bonds is 2. The molecule has 22 heavy (non-hydrogen) atoms. The van der Waals surface area contributed by atoms with Crippen LogP contribution in [0.4, 0.5) is 10.5 Å². The number of aromatic nitrogens is 1. The van der Waals surface area contributed by atoms with E-state index < -0.39 is 0 Å². The molecular weight excluding hydrogens is 302 g/mol. The summed E-state index contributed by atoms with van der Waals surface area (Å²) in [5.41, 5.74) is 2.62. The van der Waals surface area contributed by atoms with Crippen molar-refractivity contribution in [3.05, 3.63) is 58.9 Å². The first kappa shape index (κ1) is 14.8. The van der Waals surface area contributed by atoms with Crippen LogP contribution < -0.4 is 5.32 Å². The van der Waals surface area contributed by atoms with Crippen LogP contribution in [0.25, 0.3) is 0 Å². The minimum Gasteiger partial charge on any atom is -0.394 e. The van der Waals surface area contributed by atoms with Gasteiger partial charge in [0.15, 0.2) is 5.15 Å². The number of nitrogens with one attached hydrogen (secondary N) is 1. The Bertz CT molecular complexity index is 693. The van der Waals surface area contributed by atoms with Crippen molar-refractivity contribution in [2.24, 2.45) is 0 Å². The van der Waals surface area contributed by atoms with Crippen molar-refractivity contribution in [3.63, 3.8) is 0 Å². The average molecular weight is 318 g/mol. The molecule has 3 rings (SSSR count). The summed E-state index contributed by atoms with van der Waals surface area (Å²) >= 11 is 5.96. The standard InChI is InChI=1S/C16H16ClN3O2/c17-15-13(6-3-8-18-15)19-16(22)20-9-7-11-4-1-2-5-12(11)14(20)10-21/h1-6,8,14,21H,7,9-10H2,(H,19,22). The van der Waals surface area contributed by atoms with E-state index in [4.69, 9.17) is 11.6 Å². The van der Waals surface area contributed by atoms with Gasteiger partial charge in [0.1, 0.15) is 0 Å². The number of aliphatic hydroxyl groups excluding tert-OH is 1. The summed E-state index contributed by atoms with van der Waals surface area (Å²) < 4.78 is 0. The Morgan fingerprint density at radius 1 is 1.36 bits per heavy atom. The maximum atomic E-state index is 12.5. The highest BCUT2D eigenvalue weighted by Crippen LogP contribution is 2.30. The lowest BCUT2D eigenvalue weighted by Gasteiger charge is -2.36. The number of aliphatic hydroxyl groups is 1. The van der Waals surface area contributed by atoms with Crippen LogP contribution >= 0.6 is 11.6 Å². The molecule has 0 radical (unpaired) electrons. The number of amides is 2. The first-order valence-corrected chi connectivity index (χ1v) is 7.45. The lowest BCUT2D eigenvalue weighted by atomic mass is 9.93. The normalized spacial score (nSPS) is 17.0. The van der Waals surface area contributed by atoms with Crippen molar-refractivity contribution < 1.29 is 9.90 Å². The van der Waals surface area contributed by atoms with Gasteiger partial charge in [0.2, 0.25) is 0 Å². The van der Waals surface area contributed by atoms with E-state index in [0.29, 0.717) is 12.2 Å². The molecule has 1 unspecified atom stereocenters. The number of benzene rings is 1. The summed E-state index contributed by atoms with van der Waals surface area (Å²) in [6, 6.07) is 10.6. The van der Waals surface area contributed by atoms with E-state index in [9.17, 15) is 9.90 Å². The third-order valence-corrected chi connectivity index (χ3v) is 4.15. The molecule has 114 valence electrons. The Balaban J connectivity index is 1.83. The van der Waals surface area contributed by atoms with Gasteiger partial charge in [0.05, 0.1) is 18.3 Å². The molecule has 0 saturated heterocycles. The van der Waals surface area contributed by atoms with Crippen molar-refractivity contribution in [2.75, 3.05) is 18.5 Å². The number of hydrogen-bond donors (Lipinski definition) is 2. The average Bonchev–Trinajstić information content (AvgIpc) is 2.55. The van der Waals surface area contributed by atoms with Crippen LogP contribution in [0, 0.1) is 0 Å². The van der Waals surface area contributed by atoms with Gasteiger partial charge in [-0.2, -0.15) is 0 Å². The van der Waals surface area contributed by atoms with Crippen molar-refractivity contribution in [2.45, 2.75) is 12.5 Å². The minimum atomic E-state index is -0.347. The van der Waals surface area contributed by atoms with Gasteiger partial charge >= 0.3 is 6.03 Å². The van der Waals surface area contributed by atoms with Gasteiger partial charge in [0.25, 0.3) is 0 Å². The fourth-order valence-corrected chi connectivity index (χ4v) is 2.92. The number of nitrogens with zero attached hydrogens (tertiary/aromatic N) is 2. The second kappa shape index (κ2) is 6.34. The molecule has 0 saturated carbocycles. The Morgan fingerprint density at radius 2 is 2.18 bits per heavy atom. The molecule has 6 heteroatoms. The molecule has 0 bridgehead atoms. The summed E-state index contributed by atoms with van der Waals surface area (Å²) in [5, 5.41) is 12.7. The van der Waals surface area contributed by atoms with Gasteiger partial charge in [0, 0.05) is 12.7 Å². The molecule has 0 fully saturated rings. The second-order valence-corrected chi connectivity index (χ2v) is 5.47. The Morgan fingerprint density at radius 3 is 2.95 bits per heavy atom. The molecule has 2 N–H and O–H groups in total. The number of pyridine rings is 1. The fraction of sp³-hybridized carbons (Fsp3) is 0.250. The molecule has 1 aromatic carbocycles. The molecule has 2 heterocycles. The Hall–Kier alpha value is -2.11. The largest absolute Gasteiger partial charge is 0.394 e. The van der Waals surface area contributed by atoms with Crippen molar-refractivity contribution in [3.8, 4) is 0 Å². The Kier molecular flexibility index (Phi) is 4.27. The van der Waals surface area contributed by atoms with Gasteiger partial charge < -0.3 is 15.3 Å². The number of carbonyl (C=O) groups excluding carboxylic acids is 1. The maximum absolute atomic E-state index is 12.5. The van der Waals surface area contributed by atoms with E-state index in [1.165, 1.54) is 5.56 Å². The maximum Gasteiger partial charge on any atom is 0.322 e. The number of fused-ring (bicyclic) bond motifs is 1. The molecule has 0 aliphatic carbocycles. The lowest BCUT2D eigenvalue weighted by molar-refractivity contribution is 0.135. The van der Waals surface area contributed by atoms with Crippen LogP contribution in [-0.4, -0.2) is 34.2 Å². The van der Waals surface area contributed by atoms with Crippen LogP contribution in [0.5, 0.6) is 0 Å². The van der Waals surface area contributed by atoms with E-state index in [1.807, 2.05) is 24.3 Å². The monoisotopic (exact) mass is 317 g/mol. The topological polar surface area (TPSA) is 65.5 Å². The zero-order chi connectivity index (χ0) is 15.5. The van der Waals surface area contributed by atoms with Crippen LogP contribution in [0.2, 0.25) is 5.15 Å². The predicted molar refractivity (Wildman–Crippen MR) is 84.9 cm³/mol. The highest BCUT2D eigenvalue weighted by atomic mass is 35.5. The van der Waals surface area contributed by atoms with Crippen LogP contribution in [0.3, 0.4) is 0 Å². The summed E-state index contributed by atoms with van der Waals surface area (Å²) in [5.74, 6) is 0. The summed E-state index contributed by atoms with van der Waals surface area (Å²) in [6.45, 7) is 0.428. The second-order valence-electron chi connectivity index (χ2n) is 5.11. The van der Waals surface area contributed by atoms with Gasteiger partial charge in [-0.1, -0.05) is 35.9 Å². The molecule has 1 aliphatic rings. The highest BCUT2D eigenvalue weighted by molar-refractivity contribution is 6.32. The number of halogens is 1. The molecule has 2 aromatic rings. The molecule has 1 atom stereocenters. The minimum absolute atomic E-state index is 0.120. The highest BCUT2D eigenvalue weighted by Gasteiger charge is 2.30.